The Morgan fingerprint density at radius 3 is 2.72 bits per heavy atom. The summed E-state index contributed by atoms with van der Waals surface area (Å²) in [6.45, 7) is 4.89. The van der Waals surface area contributed by atoms with Gasteiger partial charge in [0.1, 0.15) is 5.82 Å². The van der Waals surface area contributed by atoms with Crippen molar-refractivity contribution in [2.75, 3.05) is 31.5 Å². The van der Waals surface area contributed by atoms with Crippen LogP contribution in [0.15, 0.2) is 30.3 Å². The average molecular weight is 344 g/mol. The molecule has 0 spiro atoms. The first-order chi connectivity index (χ1) is 12.1. The summed E-state index contributed by atoms with van der Waals surface area (Å²) >= 11 is 0. The number of likely N-dealkylation sites (tertiary alicyclic amines) is 1. The fourth-order valence-electron chi connectivity index (χ4n) is 2.87. The van der Waals surface area contributed by atoms with E-state index >= 15 is 0 Å². The van der Waals surface area contributed by atoms with Gasteiger partial charge in [0.15, 0.2) is 0 Å². The molecule has 8 heteroatoms. The minimum Gasteiger partial charge on any atom is -0.393 e. The van der Waals surface area contributed by atoms with E-state index in [0.717, 1.165) is 38.2 Å². The zero-order valence-electron chi connectivity index (χ0n) is 14.4. The van der Waals surface area contributed by atoms with E-state index in [1.54, 1.807) is 4.68 Å². The maximum atomic E-state index is 12.0. The maximum absolute atomic E-state index is 12.0. The molecule has 0 bridgehead atoms. The summed E-state index contributed by atoms with van der Waals surface area (Å²) in [5, 5.41) is 19.3. The molecule has 25 heavy (non-hydrogen) atoms. The number of carbonyl (C=O) groups excluding carboxylic acids is 1. The molecule has 1 aliphatic rings. The number of benzene rings is 1. The highest BCUT2D eigenvalue weighted by molar-refractivity contribution is 5.87. The SMILES string of the molecule is Cc1nc(NC(=O)NCCN2CCC(O)CC2)nn1-c1ccccc1. The van der Waals surface area contributed by atoms with Crippen LogP contribution < -0.4 is 10.6 Å². The summed E-state index contributed by atoms with van der Waals surface area (Å²) in [6, 6.07) is 9.33. The summed E-state index contributed by atoms with van der Waals surface area (Å²) in [5.74, 6) is 0.980. The number of aryl methyl sites for hydroxylation is 1. The lowest BCUT2D eigenvalue weighted by Gasteiger charge is -2.29. The minimum absolute atomic E-state index is 0.179. The number of aromatic nitrogens is 3. The number of hydrogen-bond acceptors (Lipinski definition) is 5. The number of aliphatic hydroxyl groups is 1. The number of amides is 2. The summed E-state index contributed by atoms with van der Waals surface area (Å²) in [5.41, 5.74) is 0.897. The largest absolute Gasteiger partial charge is 0.393 e. The lowest BCUT2D eigenvalue weighted by Crippen LogP contribution is -2.41. The number of urea groups is 1. The van der Waals surface area contributed by atoms with Crippen LogP contribution in [0, 0.1) is 6.92 Å². The first-order valence-electron chi connectivity index (χ1n) is 8.56. The van der Waals surface area contributed by atoms with Crippen molar-refractivity contribution in [2.24, 2.45) is 0 Å². The Kier molecular flexibility index (Phi) is 5.62. The van der Waals surface area contributed by atoms with Crippen molar-refractivity contribution in [1.29, 1.82) is 0 Å². The predicted molar refractivity (Wildman–Crippen MR) is 94.8 cm³/mol. The van der Waals surface area contributed by atoms with Crippen molar-refractivity contribution in [3.05, 3.63) is 36.2 Å². The predicted octanol–water partition coefficient (Wildman–Crippen LogP) is 1.15. The van der Waals surface area contributed by atoms with Crippen LogP contribution in [0.25, 0.3) is 5.69 Å². The van der Waals surface area contributed by atoms with Gasteiger partial charge in [0.05, 0.1) is 11.8 Å². The van der Waals surface area contributed by atoms with Gasteiger partial charge in [-0.05, 0) is 31.9 Å². The van der Waals surface area contributed by atoms with Gasteiger partial charge >= 0.3 is 6.03 Å². The monoisotopic (exact) mass is 344 g/mol. The van der Waals surface area contributed by atoms with Gasteiger partial charge in [0.25, 0.3) is 5.95 Å². The van der Waals surface area contributed by atoms with E-state index in [-0.39, 0.29) is 18.1 Å². The number of rotatable bonds is 5. The molecule has 2 aromatic rings. The lowest BCUT2D eigenvalue weighted by atomic mass is 10.1. The summed E-state index contributed by atoms with van der Waals surface area (Å²) < 4.78 is 1.69. The molecule has 0 aliphatic carbocycles. The van der Waals surface area contributed by atoms with Gasteiger partial charge in [-0.3, -0.25) is 5.32 Å². The van der Waals surface area contributed by atoms with Crippen molar-refractivity contribution in [1.82, 2.24) is 25.0 Å². The smallest absolute Gasteiger partial charge is 0.321 e. The second-order valence-corrected chi connectivity index (χ2v) is 6.18. The van der Waals surface area contributed by atoms with Crippen molar-refractivity contribution in [3.8, 4) is 5.69 Å². The molecule has 3 N–H and O–H groups in total. The molecule has 1 fully saturated rings. The Bertz CT molecular complexity index is 694. The standard InChI is InChI=1S/C17H24N6O2/c1-13-19-16(21-23(13)14-5-3-2-4-6-14)20-17(25)18-9-12-22-10-7-15(24)8-11-22/h2-6,15,24H,7-12H2,1H3,(H2,18,20,21,25). The van der Waals surface area contributed by atoms with Gasteiger partial charge in [0.2, 0.25) is 0 Å². The van der Waals surface area contributed by atoms with Crippen LogP contribution in [0.4, 0.5) is 10.7 Å². The summed E-state index contributed by atoms with van der Waals surface area (Å²) in [4.78, 5) is 18.5. The van der Waals surface area contributed by atoms with Crippen LogP contribution in [0.2, 0.25) is 0 Å². The van der Waals surface area contributed by atoms with Crippen molar-refractivity contribution < 1.29 is 9.90 Å². The van der Waals surface area contributed by atoms with E-state index in [2.05, 4.69) is 25.6 Å². The van der Waals surface area contributed by atoms with Crippen molar-refractivity contribution >= 4 is 12.0 Å². The van der Waals surface area contributed by atoms with Gasteiger partial charge < -0.3 is 15.3 Å². The van der Waals surface area contributed by atoms with E-state index in [0.29, 0.717) is 12.4 Å². The van der Waals surface area contributed by atoms with Gasteiger partial charge in [-0.1, -0.05) is 18.2 Å². The van der Waals surface area contributed by atoms with Gasteiger partial charge in [-0.2, -0.15) is 4.98 Å². The molecule has 1 saturated heterocycles. The van der Waals surface area contributed by atoms with Crippen molar-refractivity contribution in [2.45, 2.75) is 25.9 Å². The Labute approximate surface area is 146 Å². The van der Waals surface area contributed by atoms with E-state index in [9.17, 15) is 9.90 Å². The fourth-order valence-corrected chi connectivity index (χ4v) is 2.87. The van der Waals surface area contributed by atoms with E-state index in [1.807, 2.05) is 37.3 Å². The highest BCUT2D eigenvalue weighted by Gasteiger charge is 2.16. The molecule has 1 aliphatic heterocycles. The first-order valence-corrected chi connectivity index (χ1v) is 8.56. The van der Waals surface area contributed by atoms with Crippen LogP contribution in [-0.4, -0.2) is 63.1 Å². The molecule has 2 amide bonds. The number of hydrogen-bond donors (Lipinski definition) is 3. The second-order valence-electron chi connectivity index (χ2n) is 6.18. The molecule has 0 atom stereocenters. The highest BCUT2D eigenvalue weighted by Crippen LogP contribution is 2.11. The molecule has 0 unspecified atom stereocenters. The number of carbonyl (C=O) groups is 1. The zero-order chi connectivity index (χ0) is 17.6. The molecule has 1 aromatic carbocycles. The number of piperidine rings is 1. The third kappa shape index (κ3) is 4.77. The third-order valence-corrected chi connectivity index (χ3v) is 4.27. The maximum Gasteiger partial charge on any atom is 0.321 e. The molecular formula is C17H24N6O2. The quantitative estimate of drug-likeness (QED) is 0.756. The minimum atomic E-state index is -0.317. The fraction of sp³-hybridized carbons (Fsp3) is 0.471. The Balaban J connectivity index is 1.47. The van der Waals surface area contributed by atoms with Crippen LogP contribution in [0.1, 0.15) is 18.7 Å². The van der Waals surface area contributed by atoms with Gasteiger partial charge in [-0.15, -0.1) is 5.10 Å². The molecule has 2 heterocycles. The molecule has 134 valence electrons. The highest BCUT2D eigenvalue weighted by atomic mass is 16.3. The number of aliphatic hydroxyl groups excluding tert-OH is 1. The second kappa shape index (κ2) is 8.09. The van der Waals surface area contributed by atoms with Gasteiger partial charge in [0, 0.05) is 26.2 Å². The van der Waals surface area contributed by atoms with Crippen LogP contribution in [0.3, 0.4) is 0 Å². The number of nitrogens with zero attached hydrogens (tertiary/aromatic N) is 4. The van der Waals surface area contributed by atoms with Crippen LogP contribution in [0.5, 0.6) is 0 Å². The van der Waals surface area contributed by atoms with E-state index in [4.69, 9.17) is 0 Å². The molecule has 3 rings (SSSR count). The summed E-state index contributed by atoms with van der Waals surface area (Å²) in [6.07, 6.45) is 1.42. The molecule has 0 radical (unpaired) electrons. The zero-order valence-corrected chi connectivity index (χ0v) is 14.4. The van der Waals surface area contributed by atoms with E-state index < -0.39 is 0 Å². The normalized spacial score (nSPS) is 15.9. The Hall–Kier alpha value is -2.45. The third-order valence-electron chi connectivity index (χ3n) is 4.27. The number of anilines is 1. The molecular weight excluding hydrogens is 320 g/mol. The van der Waals surface area contributed by atoms with E-state index in [1.165, 1.54) is 0 Å². The first kappa shape index (κ1) is 17.4. The number of nitrogens with one attached hydrogen (secondary N) is 2. The van der Waals surface area contributed by atoms with Crippen LogP contribution in [-0.2, 0) is 0 Å². The van der Waals surface area contributed by atoms with Gasteiger partial charge in [-0.25, -0.2) is 9.48 Å². The number of para-hydroxylation sites is 1. The lowest BCUT2D eigenvalue weighted by molar-refractivity contribution is 0.0833. The average Bonchev–Trinajstić information content (AvgIpc) is 2.97. The topological polar surface area (TPSA) is 95.3 Å². The molecule has 1 aromatic heterocycles. The summed E-state index contributed by atoms with van der Waals surface area (Å²) in [7, 11) is 0. The Morgan fingerprint density at radius 1 is 1.28 bits per heavy atom. The Morgan fingerprint density at radius 2 is 2.00 bits per heavy atom. The molecule has 0 saturated carbocycles. The van der Waals surface area contributed by atoms with Crippen molar-refractivity contribution in [3.63, 3.8) is 0 Å². The molecule has 8 nitrogen and oxygen atoms in total. The van der Waals surface area contributed by atoms with Crippen LogP contribution >= 0.6 is 0 Å².